The highest BCUT2D eigenvalue weighted by molar-refractivity contribution is 5.90. The number of carbonyl (C=O) groups excluding carboxylic acids is 1. The summed E-state index contributed by atoms with van der Waals surface area (Å²) in [6.07, 6.45) is 5.23. The van der Waals surface area contributed by atoms with E-state index in [1.54, 1.807) is 12.3 Å². The number of fused-ring (bicyclic) bond motifs is 1. The topological polar surface area (TPSA) is 75.0 Å². The fraction of sp³-hybridized carbons (Fsp3) is 0.261. The van der Waals surface area contributed by atoms with Crippen LogP contribution in [0.15, 0.2) is 60.9 Å². The van der Waals surface area contributed by atoms with E-state index in [1.165, 1.54) is 0 Å². The van der Waals surface area contributed by atoms with Crippen LogP contribution < -0.4 is 5.32 Å². The monoisotopic (exact) mass is 371 g/mol. The third-order valence-corrected chi connectivity index (χ3v) is 5.39. The van der Waals surface area contributed by atoms with Gasteiger partial charge in [0, 0.05) is 31.0 Å². The number of nitrogens with zero attached hydrogens (tertiary/aromatic N) is 2. The fourth-order valence-corrected chi connectivity index (χ4v) is 3.92. The van der Waals surface area contributed by atoms with Crippen molar-refractivity contribution in [2.24, 2.45) is 0 Å². The number of pyridine rings is 1. The summed E-state index contributed by atoms with van der Waals surface area (Å²) in [7, 11) is 0. The fourth-order valence-electron chi connectivity index (χ4n) is 3.92. The van der Waals surface area contributed by atoms with Crippen molar-refractivity contribution < 1.29 is 9.53 Å². The van der Waals surface area contributed by atoms with Crippen LogP contribution in [0, 0.1) is 11.3 Å². The van der Waals surface area contributed by atoms with Gasteiger partial charge in [-0.3, -0.25) is 9.78 Å². The first-order valence-electron chi connectivity index (χ1n) is 9.41. The Morgan fingerprint density at radius 2 is 2.00 bits per heavy atom. The predicted octanol–water partition coefficient (Wildman–Crippen LogP) is 3.47. The molecule has 0 aliphatic carbocycles. The van der Waals surface area contributed by atoms with Gasteiger partial charge >= 0.3 is 0 Å². The van der Waals surface area contributed by atoms with Crippen LogP contribution >= 0.6 is 0 Å². The summed E-state index contributed by atoms with van der Waals surface area (Å²) in [6.45, 7) is 1.16. The van der Waals surface area contributed by atoms with Gasteiger partial charge in [0.25, 0.3) is 0 Å². The zero-order valence-electron chi connectivity index (χ0n) is 15.5. The summed E-state index contributed by atoms with van der Waals surface area (Å²) in [5.74, 6) is -0.0337. The molecule has 1 saturated heterocycles. The van der Waals surface area contributed by atoms with E-state index in [9.17, 15) is 10.1 Å². The first-order valence-corrected chi connectivity index (χ1v) is 9.41. The maximum atomic E-state index is 13.0. The second kappa shape index (κ2) is 7.79. The number of rotatable bonds is 4. The number of hydrogen-bond donors (Lipinski definition) is 1. The highest BCUT2D eigenvalue weighted by Crippen LogP contribution is 2.33. The van der Waals surface area contributed by atoms with Crippen LogP contribution in [-0.4, -0.2) is 24.1 Å². The van der Waals surface area contributed by atoms with Gasteiger partial charge in [-0.15, -0.1) is 0 Å². The van der Waals surface area contributed by atoms with Crippen LogP contribution in [0.5, 0.6) is 0 Å². The summed E-state index contributed by atoms with van der Waals surface area (Å²) in [5, 5.41) is 14.6. The number of nitrogens with one attached hydrogen (secondary N) is 1. The highest BCUT2D eigenvalue weighted by Gasteiger charge is 2.36. The summed E-state index contributed by atoms with van der Waals surface area (Å²) in [5.41, 5.74) is 2.03. The summed E-state index contributed by atoms with van der Waals surface area (Å²) in [6, 6.07) is 17.6. The van der Waals surface area contributed by atoms with Crippen molar-refractivity contribution in [2.75, 3.05) is 13.2 Å². The van der Waals surface area contributed by atoms with E-state index in [1.807, 2.05) is 48.7 Å². The molecule has 1 aliphatic heterocycles. The van der Waals surface area contributed by atoms with E-state index in [4.69, 9.17) is 4.74 Å². The molecule has 1 aromatic heterocycles. The predicted molar refractivity (Wildman–Crippen MR) is 106 cm³/mol. The second-order valence-corrected chi connectivity index (χ2v) is 7.13. The molecule has 0 unspecified atom stereocenters. The smallest absolute Gasteiger partial charge is 0.225 e. The number of ether oxygens (including phenoxy) is 1. The van der Waals surface area contributed by atoms with E-state index >= 15 is 0 Å². The van der Waals surface area contributed by atoms with Gasteiger partial charge in [-0.2, -0.15) is 5.26 Å². The van der Waals surface area contributed by atoms with Gasteiger partial charge in [0.2, 0.25) is 5.91 Å². The van der Waals surface area contributed by atoms with Gasteiger partial charge in [-0.1, -0.05) is 30.3 Å². The van der Waals surface area contributed by atoms with Crippen molar-refractivity contribution in [2.45, 2.75) is 24.8 Å². The minimum atomic E-state index is -0.506. The number of amides is 1. The van der Waals surface area contributed by atoms with E-state index in [-0.39, 0.29) is 5.91 Å². The summed E-state index contributed by atoms with van der Waals surface area (Å²) in [4.78, 5) is 17.2. The molecule has 1 N–H and O–H groups in total. The summed E-state index contributed by atoms with van der Waals surface area (Å²) < 4.78 is 5.54. The Balaban J connectivity index is 1.62. The average molecular weight is 371 g/mol. The van der Waals surface area contributed by atoms with Crippen LogP contribution in [0.2, 0.25) is 0 Å². The number of aromatic nitrogens is 1. The molecule has 140 valence electrons. The highest BCUT2D eigenvalue weighted by atomic mass is 16.5. The molecule has 28 heavy (non-hydrogen) atoms. The lowest BCUT2D eigenvalue weighted by Gasteiger charge is -2.38. The van der Waals surface area contributed by atoms with Crippen molar-refractivity contribution in [3.63, 3.8) is 0 Å². The van der Waals surface area contributed by atoms with Crippen LogP contribution in [0.1, 0.15) is 29.5 Å². The lowest BCUT2D eigenvalue weighted by molar-refractivity contribution is -0.123. The number of nitriles is 1. The average Bonchev–Trinajstić information content (AvgIpc) is 2.74. The van der Waals surface area contributed by atoms with Crippen LogP contribution in [0.25, 0.3) is 10.8 Å². The minimum absolute atomic E-state index is 0.0337. The molecule has 0 spiro atoms. The third-order valence-electron chi connectivity index (χ3n) is 5.39. The van der Waals surface area contributed by atoms with Crippen LogP contribution in [0.3, 0.4) is 0 Å². The molecule has 5 heteroatoms. The molecule has 1 fully saturated rings. The molecule has 3 aromatic rings. The lowest BCUT2D eigenvalue weighted by atomic mass is 9.81. The molecule has 2 heterocycles. The van der Waals surface area contributed by atoms with Gasteiger partial charge in [0.15, 0.2) is 0 Å². The Morgan fingerprint density at radius 1 is 1.18 bits per heavy atom. The number of hydrogen-bond acceptors (Lipinski definition) is 4. The van der Waals surface area contributed by atoms with E-state index in [2.05, 4.69) is 16.4 Å². The van der Waals surface area contributed by atoms with Crippen LogP contribution in [-0.2, 0) is 21.5 Å². The van der Waals surface area contributed by atoms with Gasteiger partial charge in [0.05, 0.1) is 23.6 Å². The number of carbonyl (C=O) groups is 1. The molecule has 1 aliphatic rings. The maximum absolute atomic E-state index is 13.0. The largest absolute Gasteiger partial charge is 0.381 e. The SMILES string of the molecule is N#Cc1cccc(C2(NC(=O)Cc3cccc4cnccc34)CCOCC2)c1. The zero-order valence-corrected chi connectivity index (χ0v) is 15.5. The standard InChI is InChI=1S/C23H21N3O2/c24-15-17-3-1-6-20(13-17)23(8-11-28-12-9-23)26-22(27)14-18-4-2-5-19-16-25-10-7-21(18)19/h1-7,10,13,16H,8-9,11-12,14H2,(H,26,27). The van der Waals surface area contributed by atoms with E-state index in [0.29, 0.717) is 38.0 Å². The van der Waals surface area contributed by atoms with Gasteiger partial charge in [-0.05, 0) is 47.6 Å². The van der Waals surface area contributed by atoms with Gasteiger partial charge in [0.1, 0.15) is 0 Å². The Morgan fingerprint density at radius 3 is 2.82 bits per heavy atom. The van der Waals surface area contributed by atoms with Crippen molar-refractivity contribution in [3.05, 3.63) is 77.6 Å². The van der Waals surface area contributed by atoms with E-state index < -0.39 is 5.54 Å². The Labute approximate surface area is 164 Å². The van der Waals surface area contributed by atoms with Crippen molar-refractivity contribution in [3.8, 4) is 6.07 Å². The molecule has 0 radical (unpaired) electrons. The van der Waals surface area contributed by atoms with Gasteiger partial charge < -0.3 is 10.1 Å². The lowest BCUT2D eigenvalue weighted by Crippen LogP contribution is -2.50. The molecule has 0 atom stereocenters. The quantitative estimate of drug-likeness (QED) is 0.762. The van der Waals surface area contributed by atoms with Crippen molar-refractivity contribution in [1.82, 2.24) is 10.3 Å². The molecule has 0 saturated carbocycles. The third kappa shape index (κ3) is 3.60. The van der Waals surface area contributed by atoms with Crippen molar-refractivity contribution >= 4 is 16.7 Å². The van der Waals surface area contributed by atoms with Gasteiger partial charge in [-0.25, -0.2) is 0 Å². The molecule has 5 nitrogen and oxygen atoms in total. The first kappa shape index (κ1) is 18.1. The molecular formula is C23H21N3O2. The molecular weight excluding hydrogens is 350 g/mol. The van der Waals surface area contributed by atoms with Crippen LogP contribution in [0.4, 0.5) is 0 Å². The normalized spacial score (nSPS) is 15.7. The molecule has 0 bridgehead atoms. The number of benzene rings is 2. The Bertz CT molecular complexity index is 1040. The summed E-state index contributed by atoms with van der Waals surface area (Å²) >= 11 is 0. The zero-order chi connectivity index (χ0) is 19.4. The van der Waals surface area contributed by atoms with Crippen molar-refractivity contribution in [1.29, 1.82) is 5.26 Å². The Hall–Kier alpha value is -3.23. The maximum Gasteiger partial charge on any atom is 0.225 e. The van der Waals surface area contributed by atoms with E-state index in [0.717, 1.165) is 21.9 Å². The second-order valence-electron chi connectivity index (χ2n) is 7.13. The molecule has 4 rings (SSSR count). The molecule has 1 amide bonds. The Kier molecular flexibility index (Phi) is 5.05. The minimum Gasteiger partial charge on any atom is -0.381 e. The molecule has 2 aromatic carbocycles. The first-order chi connectivity index (χ1) is 13.7.